The Hall–Kier alpha value is -2.51. The van der Waals surface area contributed by atoms with Gasteiger partial charge < -0.3 is 15.2 Å². The Labute approximate surface area is 161 Å². The van der Waals surface area contributed by atoms with Gasteiger partial charge in [-0.25, -0.2) is 4.98 Å². The van der Waals surface area contributed by atoms with E-state index in [0.29, 0.717) is 23.9 Å². The Kier molecular flexibility index (Phi) is 4.80. The summed E-state index contributed by atoms with van der Waals surface area (Å²) in [5.74, 6) is 0.620. The molecule has 0 radical (unpaired) electrons. The predicted molar refractivity (Wildman–Crippen MR) is 104 cm³/mol. The first kappa shape index (κ1) is 17.9. The molecule has 1 aromatic carbocycles. The molecule has 0 saturated heterocycles. The van der Waals surface area contributed by atoms with E-state index in [4.69, 9.17) is 4.74 Å². The number of nitrogens with one attached hydrogen (secondary N) is 1. The molecule has 1 saturated carbocycles. The van der Waals surface area contributed by atoms with E-state index >= 15 is 0 Å². The zero-order chi connectivity index (χ0) is 18.9. The number of amides is 1. The maximum atomic E-state index is 12.6. The Morgan fingerprint density at radius 3 is 2.85 bits per heavy atom. The summed E-state index contributed by atoms with van der Waals surface area (Å²) in [5.41, 5.74) is -0.486. The first-order valence-electron chi connectivity index (χ1n) is 8.97. The number of hydrogen-bond acceptors (Lipinski definition) is 6. The number of para-hydroxylation sites is 1. The highest BCUT2D eigenvalue weighted by molar-refractivity contribution is 7.10. The van der Waals surface area contributed by atoms with Gasteiger partial charge in [0.25, 0.3) is 5.91 Å². The number of nitrogens with zero attached hydrogens (tertiary/aromatic N) is 2. The monoisotopic (exact) mass is 383 g/mol. The molecule has 1 fully saturated rings. The fourth-order valence-corrected chi connectivity index (χ4v) is 3.53. The minimum Gasteiger partial charge on any atom is -0.477 e. The third-order valence-electron chi connectivity index (χ3n) is 4.57. The molecule has 4 rings (SSSR count). The molecule has 1 amide bonds. The fraction of sp³-hybridized carbons (Fsp3) is 0.350. The number of carbonyl (C=O) groups excluding carboxylic acids is 1. The molecule has 0 bridgehead atoms. The van der Waals surface area contributed by atoms with Crippen LogP contribution in [-0.4, -0.2) is 34.1 Å². The molecule has 1 aliphatic rings. The first-order valence-corrected chi connectivity index (χ1v) is 9.85. The number of aromatic nitrogens is 2. The number of fused-ring (bicyclic) bond motifs is 1. The maximum absolute atomic E-state index is 12.6. The minimum absolute atomic E-state index is 0.0430. The smallest absolute Gasteiger partial charge is 0.289 e. The summed E-state index contributed by atoms with van der Waals surface area (Å²) in [6, 6.07) is 11.2. The van der Waals surface area contributed by atoms with Crippen LogP contribution in [0.3, 0.4) is 0 Å². The molecule has 1 aliphatic carbocycles. The largest absolute Gasteiger partial charge is 0.477 e. The second-order valence-electron chi connectivity index (χ2n) is 7.06. The molecule has 6 nitrogen and oxygen atoms in total. The standard InChI is InChI=1S/C20H21N3O3S/c1-20(25,16-7-4-10-27-16)12-21-18(24)17-22-15-6-3-2-5-14(15)19(23-17)26-11-13-8-9-13/h2-7,10,13,25H,8-9,11-12H2,1H3,(H,21,24). The molecular weight excluding hydrogens is 362 g/mol. The SMILES string of the molecule is CC(O)(CNC(=O)c1nc(OCC2CC2)c2ccccc2n1)c1cccs1. The number of benzene rings is 1. The van der Waals surface area contributed by atoms with Crippen LogP contribution < -0.4 is 10.1 Å². The van der Waals surface area contributed by atoms with Crippen LogP contribution in [0.4, 0.5) is 0 Å². The van der Waals surface area contributed by atoms with Gasteiger partial charge in [0, 0.05) is 4.88 Å². The van der Waals surface area contributed by atoms with Gasteiger partial charge in [-0.2, -0.15) is 4.98 Å². The van der Waals surface area contributed by atoms with Crippen LogP contribution in [0.1, 0.15) is 35.3 Å². The van der Waals surface area contributed by atoms with Gasteiger partial charge in [0.05, 0.1) is 24.1 Å². The van der Waals surface area contributed by atoms with Gasteiger partial charge in [0.15, 0.2) is 0 Å². The van der Waals surface area contributed by atoms with Crippen molar-refractivity contribution in [2.45, 2.75) is 25.4 Å². The highest BCUT2D eigenvalue weighted by Crippen LogP contribution is 2.31. The summed E-state index contributed by atoms with van der Waals surface area (Å²) in [6.07, 6.45) is 2.35. The minimum atomic E-state index is -1.15. The highest BCUT2D eigenvalue weighted by Gasteiger charge is 2.26. The van der Waals surface area contributed by atoms with Gasteiger partial charge in [0.2, 0.25) is 11.7 Å². The molecular formula is C20H21N3O3S. The van der Waals surface area contributed by atoms with E-state index in [1.165, 1.54) is 24.2 Å². The summed E-state index contributed by atoms with van der Waals surface area (Å²) >= 11 is 1.44. The predicted octanol–water partition coefficient (Wildman–Crippen LogP) is 3.12. The lowest BCUT2D eigenvalue weighted by Gasteiger charge is -2.22. The van der Waals surface area contributed by atoms with E-state index in [2.05, 4.69) is 15.3 Å². The molecule has 1 unspecified atom stereocenters. The van der Waals surface area contributed by atoms with Gasteiger partial charge in [-0.3, -0.25) is 4.79 Å². The third kappa shape index (κ3) is 4.09. The van der Waals surface area contributed by atoms with Gasteiger partial charge >= 0.3 is 0 Å². The zero-order valence-corrected chi connectivity index (χ0v) is 15.8. The van der Waals surface area contributed by atoms with Crippen molar-refractivity contribution in [1.29, 1.82) is 0 Å². The van der Waals surface area contributed by atoms with Crippen LogP contribution in [0.25, 0.3) is 10.9 Å². The van der Waals surface area contributed by atoms with Gasteiger partial charge in [-0.1, -0.05) is 18.2 Å². The van der Waals surface area contributed by atoms with Gasteiger partial charge in [-0.15, -0.1) is 11.3 Å². The van der Waals surface area contributed by atoms with Crippen LogP contribution in [0.15, 0.2) is 41.8 Å². The van der Waals surface area contributed by atoms with Crippen molar-refractivity contribution < 1.29 is 14.6 Å². The molecule has 27 heavy (non-hydrogen) atoms. The average Bonchev–Trinajstić information content (AvgIpc) is 3.33. The van der Waals surface area contributed by atoms with Crippen molar-refractivity contribution in [1.82, 2.24) is 15.3 Å². The zero-order valence-electron chi connectivity index (χ0n) is 15.0. The number of aliphatic hydroxyl groups is 1. The summed E-state index contributed by atoms with van der Waals surface area (Å²) < 4.78 is 5.86. The Morgan fingerprint density at radius 1 is 1.30 bits per heavy atom. The summed E-state index contributed by atoms with van der Waals surface area (Å²) in [4.78, 5) is 22.1. The topological polar surface area (TPSA) is 84.3 Å². The van der Waals surface area contributed by atoms with E-state index in [-0.39, 0.29) is 12.4 Å². The normalized spacial score (nSPS) is 16.1. The van der Waals surface area contributed by atoms with Gasteiger partial charge in [0.1, 0.15) is 5.60 Å². The van der Waals surface area contributed by atoms with Crippen molar-refractivity contribution in [2.75, 3.05) is 13.2 Å². The molecule has 0 aliphatic heterocycles. The molecule has 2 aromatic heterocycles. The van der Waals surface area contributed by atoms with E-state index < -0.39 is 11.5 Å². The number of thiophene rings is 1. The highest BCUT2D eigenvalue weighted by atomic mass is 32.1. The molecule has 0 spiro atoms. The average molecular weight is 383 g/mol. The molecule has 2 heterocycles. The number of ether oxygens (including phenoxy) is 1. The van der Waals surface area contributed by atoms with E-state index in [9.17, 15) is 9.90 Å². The second kappa shape index (κ2) is 7.25. The van der Waals surface area contributed by atoms with E-state index in [1.807, 2.05) is 41.8 Å². The molecule has 140 valence electrons. The van der Waals surface area contributed by atoms with E-state index in [0.717, 1.165) is 10.3 Å². The van der Waals surface area contributed by atoms with E-state index in [1.54, 1.807) is 6.92 Å². The summed E-state index contributed by atoms with van der Waals surface area (Å²) in [5, 5.41) is 16.0. The Bertz CT molecular complexity index is 952. The lowest BCUT2D eigenvalue weighted by Crippen LogP contribution is -2.38. The van der Waals surface area contributed by atoms with Gasteiger partial charge in [-0.05, 0) is 49.3 Å². The van der Waals surface area contributed by atoms with Crippen molar-refractivity contribution in [3.8, 4) is 5.88 Å². The number of hydrogen-bond donors (Lipinski definition) is 2. The molecule has 7 heteroatoms. The third-order valence-corrected chi connectivity index (χ3v) is 5.69. The Balaban J connectivity index is 1.54. The van der Waals surface area contributed by atoms with Crippen LogP contribution in [0.2, 0.25) is 0 Å². The lowest BCUT2D eigenvalue weighted by molar-refractivity contribution is 0.0553. The van der Waals surface area contributed by atoms with Crippen molar-refractivity contribution in [3.63, 3.8) is 0 Å². The van der Waals surface area contributed by atoms with Crippen LogP contribution in [0.5, 0.6) is 5.88 Å². The quantitative estimate of drug-likeness (QED) is 0.655. The Morgan fingerprint density at radius 2 is 2.11 bits per heavy atom. The summed E-state index contributed by atoms with van der Waals surface area (Å²) in [6.45, 7) is 2.35. The number of rotatable bonds is 7. The lowest BCUT2D eigenvalue weighted by atomic mass is 10.1. The summed E-state index contributed by atoms with van der Waals surface area (Å²) in [7, 11) is 0. The maximum Gasteiger partial charge on any atom is 0.289 e. The first-order chi connectivity index (χ1) is 13.0. The van der Waals surface area contributed by atoms with Crippen molar-refractivity contribution in [3.05, 3.63) is 52.5 Å². The number of carbonyl (C=O) groups is 1. The molecule has 2 N–H and O–H groups in total. The van der Waals surface area contributed by atoms with Crippen LogP contribution >= 0.6 is 11.3 Å². The second-order valence-corrected chi connectivity index (χ2v) is 8.01. The fourth-order valence-electron chi connectivity index (χ4n) is 2.74. The van der Waals surface area contributed by atoms with Crippen molar-refractivity contribution in [2.24, 2.45) is 5.92 Å². The molecule has 1 atom stereocenters. The van der Waals surface area contributed by atoms with Crippen LogP contribution in [0, 0.1) is 5.92 Å². The van der Waals surface area contributed by atoms with Crippen molar-refractivity contribution >= 4 is 28.1 Å². The van der Waals surface area contributed by atoms with Crippen LogP contribution in [-0.2, 0) is 5.60 Å². The molecule has 3 aromatic rings.